The van der Waals surface area contributed by atoms with Crippen LogP contribution in [0.5, 0.6) is 11.5 Å². The highest BCUT2D eigenvalue weighted by molar-refractivity contribution is 5.77. The van der Waals surface area contributed by atoms with Gasteiger partial charge in [0.25, 0.3) is 0 Å². The van der Waals surface area contributed by atoms with Crippen LogP contribution in [-0.2, 0) is 0 Å². The van der Waals surface area contributed by atoms with Crippen LogP contribution in [0.4, 0.5) is 4.79 Å². The first-order valence-electron chi connectivity index (χ1n) is 11.3. The smallest absolute Gasteiger partial charge is 0.318 e. The molecule has 7 nitrogen and oxygen atoms in total. The van der Waals surface area contributed by atoms with Crippen molar-refractivity contribution in [1.82, 2.24) is 20.2 Å². The van der Waals surface area contributed by atoms with Crippen molar-refractivity contribution in [3.05, 3.63) is 53.9 Å². The molecule has 0 saturated carbocycles. The van der Waals surface area contributed by atoms with E-state index in [1.165, 1.54) is 0 Å². The molecule has 1 fully saturated rings. The van der Waals surface area contributed by atoms with Crippen LogP contribution in [0.15, 0.2) is 42.5 Å². The van der Waals surface area contributed by atoms with Crippen molar-refractivity contribution in [2.45, 2.75) is 45.2 Å². The third-order valence-corrected chi connectivity index (χ3v) is 6.20. The van der Waals surface area contributed by atoms with E-state index in [1.54, 1.807) is 14.2 Å². The number of nitrogens with zero attached hydrogens (tertiary/aromatic N) is 2. The number of likely N-dealkylation sites (tertiary alicyclic amines) is 1. The molecule has 0 unspecified atom stereocenters. The first-order chi connectivity index (χ1) is 15.5. The number of piperidine rings is 1. The van der Waals surface area contributed by atoms with Crippen molar-refractivity contribution in [3.63, 3.8) is 0 Å². The molecule has 0 bridgehead atoms. The van der Waals surface area contributed by atoms with Crippen molar-refractivity contribution in [2.75, 3.05) is 20.8 Å². The van der Waals surface area contributed by atoms with Gasteiger partial charge in [0.15, 0.2) is 11.5 Å². The van der Waals surface area contributed by atoms with E-state index in [0.29, 0.717) is 18.0 Å². The monoisotopic (exact) mass is 436 g/mol. The SMILES string of the molecule is COc1ccc([C@@H](NC(=O)N2CCCC[C@@H]2c2nc3ccccc3[nH]2)C(C)C)cc1OC. The number of urea groups is 1. The molecule has 2 N–H and O–H groups in total. The minimum absolute atomic E-state index is 0.0608. The minimum atomic E-state index is -0.152. The van der Waals surface area contributed by atoms with E-state index >= 15 is 0 Å². The summed E-state index contributed by atoms with van der Waals surface area (Å²) < 4.78 is 10.8. The number of carbonyl (C=O) groups excluding carboxylic acids is 1. The van der Waals surface area contributed by atoms with Gasteiger partial charge in [0.2, 0.25) is 0 Å². The van der Waals surface area contributed by atoms with Crippen LogP contribution >= 0.6 is 0 Å². The van der Waals surface area contributed by atoms with Crippen LogP contribution in [0.3, 0.4) is 0 Å². The van der Waals surface area contributed by atoms with Crippen LogP contribution in [0.2, 0.25) is 0 Å². The third kappa shape index (κ3) is 4.38. The third-order valence-electron chi connectivity index (χ3n) is 6.20. The molecule has 1 aromatic heterocycles. The lowest BCUT2D eigenvalue weighted by Gasteiger charge is -2.36. The van der Waals surface area contributed by atoms with Gasteiger partial charge in [-0.3, -0.25) is 0 Å². The van der Waals surface area contributed by atoms with Gasteiger partial charge in [0.1, 0.15) is 5.82 Å². The summed E-state index contributed by atoms with van der Waals surface area (Å²) in [5.41, 5.74) is 2.92. The second-order valence-corrected chi connectivity index (χ2v) is 8.63. The lowest BCUT2D eigenvalue weighted by Crippen LogP contribution is -2.46. The van der Waals surface area contributed by atoms with E-state index in [-0.39, 0.29) is 24.0 Å². The van der Waals surface area contributed by atoms with Crippen molar-refractivity contribution in [3.8, 4) is 11.5 Å². The minimum Gasteiger partial charge on any atom is -0.493 e. The summed E-state index contributed by atoms with van der Waals surface area (Å²) in [6.07, 6.45) is 2.97. The molecule has 0 radical (unpaired) electrons. The first-order valence-corrected chi connectivity index (χ1v) is 11.3. The number of aromatic nitrogens is 2. The zero-order valence-corrected chi connectivity index (χ0v) is 19.2. The van der Waals surface area contributed by atoms with Gasteiger partial charge in [0.05, 0.1) is 37.3 Å². The fraction of sp³-hybridized carbons (Fsp3) is 0.440. The van der Waals surface area contributed by atoms with Crippen molar-refractivity contribution in [2.24, 2.45) is 5.92 Å². The number of hydrogen-bond donors (Lipinski definition) is 2. The number of nitrogens with one attached hydrogen (secondary N) is 2. The Kier molecular flexibility index (Phi) is 6.53. The molecule has 0 aliphatic carbocycles. The van der Waals surface area contributed by atoms with Crippen LogP contribution in [0, 0.1) is 5.92 Å². The maximum Gasteiger partial charge on any atom is 0.318 e. The Morgan fingerprint density at radius 2 is 1.91 bits per heavy atom. The fourth-order valence-electron chi connectivity index (χ4n) is 4.49. The number of H-pyrrole nitrogens is 1. The molecule has 1 aliphatic heterocycles. The Labute approximate surface area is 189 Å². The second kappa shape index (κ2) is 9.51. The van der Waals surface area contributed by atoms with Gasteiger partial charge in [0, 0.05) is 6.54 Å². The van der Waals surface area contributed by atoms with Crippen molar-refractivity contribution >= 4 is 17.1 Å². The Morgan fingerprint density at radius 3 is 2.62 bits per heavy atom. The predicted octanol–water partition coefficient (Wildman–Crippen LogP) is 5.21. The van der Waals surface area contributed by atoms with Crippen LogP contribution in [0.1, 0.15) is 56.6 Å². The molecule has 1 saturated heterocycles. The summed E-state index contributed by atoms with van der Waals surface area (Å²) >= 11 is 0. The average molecular weight is 437 g/mol. The molecule has 7 heteroatoms. The molecule has 2 atom stereocenters. The summed E-state index contributed by atoms with van der Waals surface area (Å²) in [4.78, 5) is 23.6. The van der Waals surface area contributed by atoms with Gasteiger partial charge >= 0.3 is 6.03 Å². The molecular formula is C25H32N4O3. The van der Waals surface area contributed by atoms with Gasteiger partial charge in [-0.25, -0.2) is 9.78 Å². The van der Waals surface area contributed by atoms with Gasteiger partial charge < -0.3 is 24.7 Å². The summed E-state index contributed by atoms with van der Waals surface area (Å²) in [5.74, 6) is 2.38. The number of carbonyl (C=O) groups is 1. The maximum atomic E-state index is 13.5. The van der Waals surface area contributed by atoms with Crippen LogP contribution in [-0.4, -0.2) is 41.7 Å². The number of rotatable bonds is 6. The van der Waals surface area contributed by atoms with E-state index in [1.807, 2.05) is 47.4 Å². The van der Waals surface area contributed by atoms with Crippen LogP contribution in [0.25, 0.3) is 11.0 Å². The Bertz CT molecular complexity index is 1040. The number of imidazole rings is 1. The molecule has 1 aliphatic rings. The predicted molar refractivity (Wildman–Crippen MR) is 125 cm³/mol. The Balaban J connectivity index is 1.58. The normalized spacial score (nSPS) is 17.4. The van der Waals surface area contributed by atoms with Gasteiger partial charge in [-0.1, -0.05) is 32.0 Å². The van der Waals surface area contributed by atoms with E-state index in [9.17, 15) is 4.79 Å². The van der Waals surface area contributed by atoms with E-state index in [0.717, 1.165) is 41.7 Å². The maximum absolute atomic E-state index is 13.5. The standard InChI is InChI=1S/C25H32N4O3/c1-16(2)23(17-12-13-21(31-3)22(15-17)32-4)28-25(30)29-14-8-7-11-20(29)24-26-18-9-5-6-10-19(18)27-24/h5-6,9-10,12-13,15-16,20,23H,7-8,11,14H2,1-4H3,(H,26,27)(H,28,30)/t20-,23+/m1/s1. The number of amides is 2. The number of para-hydroxylation sites is 2. The van der Waals surface area contributed by atoms with Crippen LogP contribution < -0.4 is 14.8 Å². The number of hydrogen-bond acceptors (Lipinski definition) is 4. The van der Waals surface area contributed by atoms with E-state index in [4.69, 9.17) is 14.5 Å². The van der Waals surface area contributed by atoms with Gasteiger partial charge in [-0.15, -0.1) is 0 Å². The zero-order valence-electron chi connectivity index (χ0n) is 19.2. The Hall–Kier alpha value is -3.22. The highest BCUT2D eigenvalue weighted by Crippen LogP contribution is 2.34. The average Bonchev–Trinajstić information content (AvgIpc) is 3.26. The molecule has 2 amide bonds. The summed E-state index contributed by atoms with van der Waals surface area (Å²) in [6, 6.07) is 13.5. The summed E-state index contributed by atoms with van der Waals surface area (Å²) in [5, 5.41) is 3.27. The molecule has 3 aromatic rings. The molecular weight excluding hydrogens is 404 g/mol. The molecule has 2 heterocycles. The number of benzene rings is 2. The zero-order chi connectivity index (χ0) is 22.7. The van der Waals surface area contributed by atoms with Gasteiger partial charge in [-0.2, -0.15) is 0 Å². The summed E-state index contributed by atoms with van der Waals surface area (Å²) in [6.45, 7) is 4.92. The van der Waals surface area contributed by atoms with E-state index in [2.05, 4.69) is 24.1 Å². The van der Waals surface area contributed by atoms with Crippen molar-refractivity contribution < 1.29 is 14.3 Å². The quantitative estimate of drug-likeness (QED) is 0.556. The van der Waals surface area contributed by atoms with E-state index < -0.39 is 0 Å². The number of methoxy groups -OCH3 is 2. The fourth-order valence-corrected chi connectivity index (χ4v) is 4.49. The number of aromatic amines is 1. The van der Waals surface area contributed by atoms with Crippen molar-refractivity contribution in [1.29, 1.82) is 0 Å². The largest absolute Gasteiger partial charge is 0.493 e. The molecule has 2 aromatic carbocycles. The number of fused-ring (bicyclic) bond motifs is 1. The lowest BCUT2D eigenvalue weighted by atomic mass is 9.95. The summed E-state index contributed by atoms with van der Waals surface area (Å²) in [7, 11) is 3.24. The topological polar surface area (TPSA) is 79.5 Å². The highest BCUT2D eigenvalue weighted by atomic mass is 16.5. The molecule has 4 rings (SSSR count). The highest BCUT2D eigenvalue weighted by Gasteiger charge is 2.32. The first kappa shape index (κ1) is 22.0. The second-order valence-electron chi connectivity index (χ2n) is 8.63. The number of ether oxygens (including phenoxy) is 2. The molecule has 170 valence electrons. The lowest BCUT2D eigenvalue weighted by molar-refractivity contribution is 0.142. The molecule has 0 spiro atoms. The molecule has 32 heavy (non-hydrogen) atoms. The Morgan fingerprint density at radius 1 is 1.12 bits per heavy atom. The van der Waals surface area contributed by atoms with Gasteiger partial charge in [-0.05, 0) is 55.0 Å².